The maximum Gasteiger partial charge on any atom is 0.126 e. The van der Waals surface area contributed by atoms with Crippen molar-refractivity contribution in [3.8, 4) is 0 Å². The molecule has 94 valence electrons. The average molecular weight is 235 g/mol. The van der Waals surface area contributed by atoms with Gasteiger partial charge in [-0.15, -0.1) is 0 Å². The van der Waals surface area contributed by atoms with Crippen LogP contribution in [0.1, 0.15) is 38.7 Å². The molecule has 2 heteroatoms. The molecule has 1 aliphatic carbocycles. The summed E-state index contributed by atoms with van der Waals surface area (Å²) >= 11 is 0. The van der Waals surface area contributed by atoms with E-state index >= 15 is 0 Å². The van der Waals surface area contributed by atoms with E-state index in [4.69, 9.17) is 0 Å². The third-order valence-electron chi connectivity index (χ3n) is 3.71. The highest BCUT2D eigenvalue weighted by molar-refractivity contribution is 5.46. The maximum absolute atomic E-state index is 13.2. The molecule has 0 bridgehead atoms. The first-order chi connectivity index (χ1) is 8.04. The van der Waals surface area contributed by atoms with E-state index in [1.54, 1.807) is 6.07 Å². The lowest BCUT2D eigenvalue weighted by atomic mass is 9.80. The van der Waals surface area contributed by atoms with Gasteiger partial charge in [0.15, 0.2) is 0 Å². The molecule has 1 aromatic rings. The minimum atomic E-state index is -0.124. The lowest BCUT2D eigenvalue weighted by Gasteiger charge is -2.32. The zero-order valence-electron chi connectivity index (χ0n) is 11.0. The average Bonchev–Trinajstić information content (AvgIpc) is 2.22. The smallest absolute Gasteiger partial charge is 0.126 e. The Bertz CT molecular complexity index is 379. The molecule has 2 rings (SSSR count). The Balaban J connectivity index is 2.02. The van der Waals surface area contributed by atoms with Gasteiger partial charge in [0.1, 0.15) is 5.82 Å². The number of aryl methyl sites for hydroxylation is 1. The second-order valence-corrected chi connectivity index (χ2v) is 5.72. The molecule has 0 amide bonds. The quantitative estimate of drug-likeness (QED) is 0.802. The van der Waals surface area contributed by atoms with Crippen LogP contribution in [0.2, 0.25) is 0 Å². The number of halogens is 1. The standard InChI is InChI=1S/C15H22FN/c1-10-6-11(2)8-14(7-10)17-13-4-5-15(16)12(3)9-13/h4-5,9-11,14,17H,6-8H2,1-3H3. The first kappa shape index (κ1) is 12.4. The van der Waals surface area contributed by atoms with E-state index < -0.39 is 0 Å². The summed E-state index contributed by atoms with van der Waals surface area (Å²) in [5.41, 5.74) is 1.77. The normalized spacial score (nSPS) is 29.1. The van der Waals surface area contributed by atoms with Gasteiger partial charge in [-0.05, 0) is 61.8 Å². The number of hydrogen-bond donors (Lipinski definition) is 1. The lowest BCUT2D eigenvalue weighted by Crippen LogP contribution is -2.30. The molecule has 1 saturated carbocycles. The third kappa shape index (κ3) is 3.21. The summed E-state index contributed by atoms with van der Waals surface area (Å²) in [6.45, 7) is 6.45. The highest BCUT2D eigenvalue weighted by Crippen LogP contribution is 2.30. The van der Waals surface area contributed by atoms with Crippen LogP contribution in [0.15, 0.2) is 18.2 Å². The second-order valence-electron chi connectivity index (χ2n) is 5.72. The van der Waals surface area contributed by atoms with E-state index in [0.29, 0.717) is 11.6 Å². The Morgan fingerprint density at radius 2 is 1.76 bits per heavy atom. The molecule has 1 fully saturated rings. The van der Waals surface area contributed by atoms with E-state index in [1.165, 1.54) is 19.3 Å². The predicted molar refractivity (Wildman–Crippen MR) is 70.7 cm³/mol. The predicted octanol–water partition coefficient (Wildman–Crippen LogP) is 4.37. The Kier molecular flexibility index (Phi) is 3.70. The van der Waals surface area contributed by atoms with E-state index in [-0.39, 0.29) is 5.82 Å². The molecule has 0 radical (unpaired) electrons. The number of anilines is 1. The largest absolute Gasteiger partial charge is 0.382 e. The zero-order chi connectivity index (χ0) is 12.4. The Hall–Kier alpha value is -1.05. The molecule has 0 saturated heterocycles. The van der Waals surface area contributed by atoms with E-state index in [2.05, 4.69) is 19.2 Å². The Morgan fingerprint density at radius 1 is 1.12 bits per heavy atom. The first-order valence-electron chi connectivity index (χ1n) is 6.57. The van der Waals surface area contributed by atoms with Crippen molar-refractivity contribution in [3.63, 3.8) is 0 Å². The van der Waals surface area contributed by atoms with Crippen LogP contribution in [0.5, 0.6) is 0 Å². The molecule has 1 aliphatic rings. The minimum Gasteiger partial charge on any atom is -0.382 e. The van der Waals surface area contributed by atoms with Crippen LogP contribution in [0, 0.1) is 24.6 Å². The summed E-state index contributed by atoms with van der Waals surface area (Å²) in [4.78, 5) is 0. The van der Waals surface area contributed by atoms with Gasteiger partial charge in [-0.3, -0.25) is 0 Å². The maximum atomic E-state index is 13.2. The Labute approximate surface area is 103 Å². The van der Waals surface area contributed by atoms with Gasteiger partial charge < -0.3 is 5.32 Å². The van der Waals surface area contributed by atoms with Crippen molar-refractivity contribution in [2.24, 2.45) is 11.8 Å². The van der Waals surface area contributed by atoms with Crippen LogP contribution >= 0.6 is 0 Å². The Morgan fingerprint density at radius 3 is 2.35 bits per heavy atom. The summed E-state index contributed by atoms with van der Waals surface area (Å²) in [5, 5.41) is 3.54. The van der Waals surface area contributed by atoms with Crippen LogP contribution in [-0.4, -0.2) is 6.04 Å². The molecule has 1 nitrogen and oxygen atoms in total. The van der Waals surface area contributed by atoms with Crippen LogP contribution in [0.3, 0.4) is 0 Å². The van der Waals surface area contributed by atoms with Crippen molar-refractivity contribution in [1.29, 1.82) is 0 Å². The molecule has 2 atom stereocenters. The fourth-order valence-corrected chi connectivity index (χ4v) is 3.03. The van der Waals surface area contributed by atoms with Gasteiger partial charge >= 0.3 is 0 Å². The fourth-order valence-electron chi connectivity index (χ4n) is 3.03. The molecule has 17 heavy (non-hydrogen) atoms. The zero-order valence-corrected chi connectivity index (χ0v) is 11.0. The molecule has 0 heterocycles. The first-order valence-corrected chi connectivity index (χ1v) is 6.57. The van der Waals surface area contributed by atoms with Gasteiger partial charge in [0.05, 0.1) is 0 Å². The fraction of sp³-hybridized carbons (Fsp3) is 0.600. The highest BCUT2D eigenvalue weighted by atomic mass is 19.1. The van der Waals surface area contributed by atoms with Gasteiger partial charge in [0, 0.05) is 11.7 Å². The van der Waals surface area contributed by atoms with Crippen LogP contribution in [0.25, 0.3) is 0 Å². The van der Waals surface area contributed by atoms with Crippen molar-refractivity contribution in [2.45, 2.75) is 46.1 Å². The van der Waals surface area contributed by atoms with Gasteiger partial charge in [-0.1, -0.05) is 13.8 Å². The monoisotopic (exact) mass is 235 g/mol. The van der Waals surface area contributed by atoms with Crippen molar-refractivity contribution < 1.29 is 4.39 Å². The molecule has 0 aliphatic heterocycles. The number of hydrogen-bond acceptors (Lipinski definition) is 1. The number of nitrogens with one attached hydrogen (secondary N) is 1. The van der Waals surface area contributed by atoms with Crippen LogP contribution in [-0.2, 0) is 0 Å². The molecule has 2 unspecified atom stereocenters. The number of rotatable bonds is 2. The summed E-state index contributed by atoms with van der Waals surface area (Å²) in [6.07, 6.45) is 3.78. The molecular formula is C15H22FN. The van der Waals surface area contributed by atoms with Crippen molar-refractivity contribution in [2.75, 3.05) is 5.32 Å². The van der Waals surface area contributed by atoms with Gasteiger partial charge in [0.2, 0.25) is 0 Å². The van der Waals surface area contributed by atoms with Crippen molar-refractivity contribution >= 4 is 5.69 Å². The van der Waals surface area contributed by atoms with Gasteiger partial charge in [-0.25, -0.2) is 4.39 Å². The van der Waals surface area contributed by atoms with Crippen LogP contribution < -0.4 is 5.32 Å². The SMILES string of the molecule is Cc1cc(NC2CC(C)CC(C)C2)ccc1F. The highest BCUT2D eigenvalue weighted by Gasteiger charge is 2.23. The van der Waals surface area contributed by atoms with Crippen LogP contribution in [0.4, 0.5) is 10.1 Å². The number of benzene rings is 1. The second kappa shape index (κ2) is 5.07. The molecule has 1 aromatic carbocycles. The summed E-state index contributed by atoms with van der Waals surface area (Å²) in [5.74, 6) is 1.46. The van der Waals surface area contributed by atoms with E-state index in [0.717, 1.165) is 17.5 Å². The molecule has 1 N–H and O–H groups in total. The third-order valence-corrected chi connectivity index (χ3v) is 3.71. The molecular weight excluding hydrogens is 213 g/mol. The van der Waals surface area contributed by atoms with Crippen molar-refractivity contribution in [3.05, 3.63) is 29.6 Å². The summed E-state index contributed by atoms with van der Waals surface area (Å²) in [6, 6.07) is 5.83. The summed E-state index contributed by atoms with van der Waals surface area (Å²) in [7, 11) is 0. The van der Waals surface area contributed by atoms with Crippen molar-refractivity contribution in [1.82, 2.24) is 0 Å². The minimum absolute atomic E-state index is 0.124. The topological polar surface area (TPSA) is 12.0 Å². The van der Waals surface area contributed by atoms with E-state index in [9.17, 15) is 4.39 Å². The van der Waals surface area contributed by atoms with Gasteiger partial charge in [0.25, 0.3) is 0 Å². The lowest BCUT2D eigenvalue weighted by molar-refractivity contribution is 0.281. The van der Waals surface area contributed by atoms with E-state index in [1.807, 2.05) is 19.1 Å². The molecule has 0 spiro atoms. The molecule has 0 aromatic heterocycles. The summed E-state index contributed by atoms with van der Waals surface area (Å²) < 4.78 is 13.2. The van der Waals surface area contributed by atoms with Gasteiger partial charge in [-0.2, -0.15) is 0 Å².